The van der Waals surface area contributed by atoms with Crippen LogP contribution in [0.4, 0.5) is 5.69 Å². The van der Waals surface area contributed by atoms with Crippen molar-refractivity contribution in [2.75, 3.05) is 11.9 Å². The Morgan fingerprint density at radius 3 is 2.87 bits per heavy atom. The summed E-state index contributed by atoms with van der Waals surface area (Å²) in [4.78, 5) is 10.3. The molecule has 2 N–H and O–H groups in total. The molecule has 0 heterocycles. The standard InChI is InChI=1S/C11H14BrNO2/c12-9-4-3-5-10(8-9)13-7-2-1-6-11(14)15/h3-5,8,13H,1-2,6-7H2,(H,14,15). The van der Waals surface area contributed by atoms with Crippen molar-refractivity contribution in [2.24, 2.45) is 0 Å². The number of benzene rings is 1. The van der Waals surface area contributed by atoms with E-state index in [2.05, 4.69) is 21.2 Å². The molecule has 1 rings (SSSR count). The molecule has 0 saturated carbocycles. The van der Waals surface area contributed by atoms with Crippen LogP contribution in [0, 0.1) is 0 Å². The maximum Gasteiger partial charge on any atom is 0.303 e. The third-order valence-electron chi connectivity index (χ3n) is 1.97. The fourth-order valence-corrected chi connectivity index (χ4v) is 1.63. The maximum atomic E-state index is 10.3. The van der Waals surface area contributed by atoms with Gasteiger partial charge < -0.3 is 10.4 Å². The first-order valence-electron chi connectivity index (χ1n) is 4.90. The van der Waals surface area contributed by atoms with Gasteiger partial charge in [0.15, 0.2) is 0 Å². The summed E-state index contributed by atoms with van der Waals surface area (Å²) in [5.41, 5.74) is 1.06. The van der Waals surface area contributed by atoms with E-state index in [-0.39, 0.29) is 6.42 Å². The summed E-state index contributed by atoms with van der Waals surface area (Å²) in [5, 5.41) is 11.7. The molecule has 1 aromatic carbocycles. The van der Waals surface area contributed by atoms with Crippen LogP contribution < -0.4 is 5.32 Å². The Hall–Kier alpha value is -1.03. The molecule has 0 radical (unpaired) electrons. The van der Waals surface area contributed by atoms with Crippen LogP contribution in [0.1, 0.15) is 19.3 Å². The minimum Gasteiger partial charge on any atom is -0.481 e. The summed E-state index contributed by atoms with van der Waals surface area (Å²) in [5.74, 6) is -0.725. The number of halogens is 1. The highest BCUT2D eigenvalue weighted by atomic mass is 79.9. The van der Waals surface area contributed by atoms with E-state index in [1.165, 1.54) is 0 Å². The second-order valence-electron chi connectivity index (χ2n) is 3.29. The number of unbranched alkanes of at least 4 members (excludes halogenated alkanes) is 1. The molecule has 0 amide bonds. The zero-order valence-electron chi connectivity index (χ0n) is 8.37. The van der Waals surface area contributed by atoms with Gasteiger partial charge in [-0.05, 0) is 31.0 Å². The van der Waals surface area contributed by atoms with Gasteiger partial charge in [-0.25, -0.2) is 0 Å². The largest absolute Gasteiger partial charge is 0.481 e. The lowest BCUT2D eigenvalue weighted by Gasteiger charge is -2.05. The Morgan fingerprint density at radius 1 is 1.40 bits per heavy atom. The van der Waals surface area contributed by atoms with Crippen molar-refractivity contribution in [3.05, 3.63) is 28.7 Å². The van der Waals surface area contributed by atoms with Gasteiger partial charge in [-0.2, -0.15) is 0 Å². The molecule has 1 aromatic rings. The van der Waals surface area contributed by atoms with Gasteiger partial charge in [0.2, 0.25) is 0 Å². The molecular weight excluding hydrogens is 258 g/mol. The average Bonchev–Trinajstić information content (AvgIpc) is 2.17. The van der Waals surface area contributed by atoms with E-state index in [0.717, 1.165) is 29.5 Å². The summed E-state index contributed by atoms with van der Waals surface area (Å²) in [6.07, 6.45) is 1.84. The van der Waals surface area contributed by atoms with E-state index in [1.807, 2.05) is 24.3 Å². The number of rotatable bonds is 6. The molecule has 0 saturated heterocycles. The van der Waals surface area contributed by atoms with Crippen molar-refractivity contribution in [1.29, 1.82) is 0 Å². The van der Waals surface area contributed by atoms with Gasteiger partial charge in [0, 0.05) is 23.1 Å². The Bertz CT molecular complexity index is 328. The van der Waals surface area contributed by atoms with E-state index in [0.29, 0.717) is 0 Å². The predicted molar refractivity (Wildman–Crippen MR) is 64.1 cm³/mol. The number of anilines is 1. The Kier molecular flexibility index (Phi) is 5.18. The van der Waals surface area contributed by atoms with Crippen LogP contribution in [0.2, 0.25) is 0 Å². The third-order valence-corrected chi connectivity index (χ3v) is 2.46. The van der Waals surface area contributed by atoms with Crippen LogP contribution in [0.25, 0.3) is 0 Å². The number of carboxylic acids is 1. The Balaban J connectivity index is 2.17. The summed E-state index contributed by atoms with van der Waals surface area (Å²) in [6, 6.07) is 7.92. The highest BCUT2D eigenvalue weighted by molar-refractivity contribution is 9.10. The van der Waals surface area contributed by atoms with Gasteiger partial charge >= 0.3 is 5.97 Å². The molecule has 82 valence electrons. The van der Waals surface area contributed by atoms with Crippen molar-refractivity contribution in [3.8, 4) is 0 Å². The van der Waals surface area contributed by atoms with Crippen molar-refractivity contribution in [3.63, 3.8) is 0 Å². The molecule has 3 nitrogen and oxygen atoms in total. The summed E-state index contributed by atoms with van der Waals surface area (Å²) >= 11 is 3.39. The van der Waals surface area contributed by atoms with Gasteiger partial charge in [-0.1, -0.05) is 22.0 Å². The van der Waals surface area contributed by atoms with Gasteiger partial charge in [0.1, 0.15) is 0 Å². The molecule has 15 heavy (non-hydrogen) atoms. The summed E-state index contributed by atoms with van der Waals surface area (Å²) in [7, 11) is 0. The normalized spacial score (nSPS) is 9.93. The van der Waals surface area contributed by atoms with E-state index in [9.17, 15) is 4.79 Å². The van der Waals surface area contributed by atoms with E-state index in [1.54, 1.807) is 0 Å². The van der Waals surface area contributed by atoms with Gasteiger partial charge in [-0.15, -0.1) is 0 Å². The van der Waals surface area contributed by atoms with Crippen LogP contribution in [0.5, 0.6) is 0 Å². The molecule has 0 aliphatic heterocycles. The van der Waals surface area contributed by atoms with Crippen LogP contribution in [0.3, 0.4) is 0 Å². The summed E-state index contributed by atoms with van der Waals surface area (Å²) in [6.45, 7) is 0.809. The second kappa shape index (κ2) is 6.45. The van der Waals surface area contributed by atoms with Gasteiger partial charge in [-0.3, -0.25) is 4.79 Å². The number of aliphatic carboxylic acids is 1. The van der Waals surface area contributed by atoms with Crippen molar-refractivity contribution in [2.45, 2.75) is 19.3 Å². The van der Waals surface area contributed by atoms with Crippen LogP contribution >= 0.6 is 15.9 Å². The first-order valence-corrected chi connectivity index (χ1v) is 5.69. The number of carboxylic acid groups (broad SMARTS) is 1. The smallest absolute Gasteiger partial charge is 0.303 e. The SMILES string of the molecule is O=C(O)CCCCNc1cccc(Br)c1. The molecule has 0 aromatic heterocycles. The van der Waals surface area contributed by atoms with Crippen molar-refractivity contribution >= 4 is 27.6 Å². The molecule has 0 aliphatic rings. The highest BCUT2D eigenvalue weighted by Crippen LogP contribution is 2.15. The molecule has 0 unspecified atom stereocenters. The maximum absolute atomic E-state index is 10.3. The van der Waals surface area contributed by atoms with Crippen LogP contribution in [-0.2, 0) is 4.79 Å². The Morgan fingerprint density at radius 2 is 2.20 bits per heavy atom. The van der Waals surface area contributed by atoms with Crippen molar-refractivity contribution in [1.82, 2.24) is 0 Å². The topological polar surface area (TPSA) is 49.3 Å². The van der Waals surface area contributed by atoms with Crippen molar-refractivity contribution < 1.29 is 9.90 Å². The first kappa shape index (κ1) is 12.0. The first-order chi connectivity index (χ1) is 7.18. The average molecular weight is 272 g/mol. The minimum absolute atomic E-state index is 0.250. The molecule has 0 atom stereocenters. The summed E-state index contributed by atoms with van der Waals surface area (Å²) < 4.78 is 1.04. The number of hydrogen-bond acceptors (Lipinski definition) is 2. The van der Waals surface area contributed by atoms with Crippen LogP contribution in [0.15, 0.2) is 28.7 Å². The lowest BCUT2D eigenvalue weighted by atomic mass is 10.2. The quantitative estimate of drug-likeness (QED) is 0.782. The van der Waals surface area contributed by atoms with E-state index >= 15 is 0 Å². The fourth-order valence-electron chi connectivity index (χ4n) is 1.23. The molecule has 0 fully saturated rings. The molecular formula is C11H14BrNO2. The number of hydrogen-bond donors (Lipinski definition) is 2. The number of carbonyl (C=O) groups is 1. The lowest BCUT2D eigenvalue weighted by Crippen LogP contribution is -2.02. The van der Waals surface area contributed by atoms with Crippen LogP contribution in [-0.4, -0.2) is 17.6 Å². The van der Waals surface area contributed by atoms with E-state index in [4.69, 9.17) is 5.11 Å². The minimum atomic E-state index is -0.725. The molecule has 0 spiro atoms. The monoisotopic (exact) mass is 271 g/mol. The van der Waals surface area contributed by atoms with E-state index < -0.39 is 5.97 Å². The molecule has 4 heteroatoms. The fraction of sp³-hybridized carbons (Fsp3) is 0.364. The third kappa shape index (κ3) is 5.42. The highest BCUT2D eigenvalue weighted by Gasteiger charge is 1.96. The Labute approximate surface area is 97.6 Å². The number of nitrogens with one attached hydrogen (secondary N) is 1. The van der Waals surface area contributed by atoms with Gasteiger partial charge in [0.05, 0.1) is 0 Å². The lowest BCUT2D eigenvalue weighted by molar-refractivity contribution is -0.137. The zero-order valence-corrected chi connectivity index (χ0v) is 9.96. The predicted octanol–water partition coefficient (Wildman–Crippen LogP) is 3.12. The second-order valence-corrected chi connectivity index (χ2v) is 4.20. The molecule has 0 aliphatic carbocycles. The molecule has 0 bridgehead atoms. The van der Waals surface area contributed by atoms with Gasteiger partial charge in [0.25, 0.3) is 0 Å². The zero-order chi connectivity index (χ0) is 11.1.